The van der Waals surface area contributed by atoms with Crippen LogP contribution in [0.5, 0.6) is 5.88 Å². The Kier molecular flexibility index (Phi) is 4.67. The molecule has 0 amide bonds. The molecule has 98 valence electrons. The molecule has 0 saturated heterocycles. The lowest BCUT2D eigenvalue weighted by atomic mass is 9.85. The van der Waals surface area contributed by atoms with Crippen LogP contribution in [-0.4, -0.2) is 23.1 Å². The first kappa shape index (κ1) is 13.0. The minimum Gasteiger partial charge on any atom is -0.480 e. The molecule has 0 atom stereocenters. The molecule has 0 unspecified atom stereocenters. The number of nitrogens with zero attached hydrogens (tertiary/aromatic N) is 2. The average Bonchev–Trinajstić information content (AvgIpc) is 2.46. The van der Waals surface area contributed by atoms with E-state index in [-0.39, 0.29) is 5.78 Å². The summed E-state index contributed by atoms with van der Waals surface area (Å²) < 4.78 is 4.92. The highest BCUT2D eigenvalue weighted by molar-refractivity contribution is 5.94. The summed E-state index contributed by atoms with van der Waals surface area (Å²) in [5, 5.41) is 7.71. The summed E-state index contributed by atoms with van der Waals surface area (Å²) >= 11 is 0. The van der Waals surface area contributed by atoms with Gasteiger partial charge in [0.25, 0.3) is 0 Å². The van der Waals surface area contributed by atoms with Gasteiger partial charge in [0.1, 0.15) is 5.69 Å². The van der Waals surface area contributed by atoms with Gasteiger partial charge in [-0.05, 0) is 18.4 Å². The highest BCUT2D eigenvalue weighted by atomic mass is 16.5. The maximum atomic E-state index is 11.9. The molecular formula is C14H20N2O2. The van der Waals surface area contributed by atoms with Gasteiger partial charge < -0.3 is 4.74 Å². The van der Waals surface area contributed by atoms with Gasteiger partial charge in [0, 0.05) is 12.5 Å². The lowest BCUT2D eigenvalue weighted by Crippen LogP contribution is -2.10. The number of Topliss-reactive ketones (excluding diaryl/α,β-unsaturated/α-hetero) is 1. The van der Waals surface area contributed by atoms with Gasteiger partial charge >= 0.3 is 0 Å². The van der Waals surface area contributed by atoms with Crippen LogP contribution in [-0.2, 0) is 0 Å². The molecule has 1 aromatic heterocycles. The van der Waals surface area contributed by atoms with Crippen LogP contribution in [0.15, 0.2) is 12.1 Å². The number of methoxy groups -OCH3 is 1. The zero-order valence-corrected chi connectivity index (χ0v) is 10.9. The Hall–Kier alpha value is -1.45. The quantitative estimate of drug-likeness (QED) is 0.751. The topological polar surface area (TPSA) is 52.1 Å². The molecule has 1 aliphatic carbocycles. The normalized spacial score (nSPS) is 16.5. The van der Waals surface area contributed by atoms with Crippen LogP contribution in [0.2, 0.25) is 0 Å². The SMILES string of the molecule is COc1ccc(C(=O)CCC2CCCCC2)nn1. The molecule has 0 radical (unpaired) electrons. The van der Waals surface area contributed by atoms with Crippen molar-refractivity contribution < 1.29 is 9.53 Å². The van der Waals surface area contributed by atoms with Gasteiger partial charge in [-0.25, -0.2) is 0 Å². The molecule has 2 rings (SSSR count). The molecule has 0 aliphatic heterocycles. The lowest BCUT2D eigenvalue weighted by Gasteiger charge is -2.20. The molecule has 1 heterocycles. The second kappa shape index (κ2) is 6.47. The van der Waals surface area contributed by atoms with E-state index >= 15 is 0 Å². The van der Waals surface area contributed by atoms with Crippen LogP contribution < -0.4 is 4.74 Å². The zero-order valence-electron chi connectivity index (χ0n) is 10.9. The Morgan fingerprint density at radius 2 is 2.06 bits per heavy atom. The van der Waals surface area contributed by atoms with Crippen LogP contribution in [0.3, 0.4) is 0 Å². The van der Waals surface area contributed by atoms with Gasteiger partial charge in [-0.2, -0.15) is 0 Å². The number of rotatable bonds is 5. The summed E-state index contributed by atoms with van der Waals surface area (Å²) in [5.41, 5.74) is 0.451. The number of ether oxygens (including phenoxy) is 1. The van der Waals surface area contributed by atoms with E-state index in [9.17, 15) is 4.79 Å². The Labute approximate surface area is 108 Å². The van der Waals surface area contributed by atoms with E-state index in [1.807, 2.05) is 0 Å². The van der Waals surface area contributed by atoms with Crippen LogP contribution in [0, 0.1) is 5.92 Å². The number of hydrogen-bond donors (Lipinski definition) is 0. The average molecular weight is 248 g/mol. The summed E-state index contributed by atoms with van der Waals surface area (Å²) in [4.78, 5) is 11.9. The first-order valence-corrected chi connectivity index (χ1v) is 6.70. The van der Waals surface area contributed by atoms with E-state index in [4.69, 9.17) is 4.74 Å². The van der Waals surface area contributed by atoms with Crippen molar-refractivity contribution in [3.05, 3.63) is 17.8 Å². The number of hydrogen-bond acceptors (Lipinski definition) is 4. The molecule has 0 spiro atoms. The van der Waals surface area contributed by atoms with Crippen LogP contribution in [0.25, 0.3) is 0 Å². The number of ketones is 1. The molecule has 1 aromatic rings. The third-order valence-electron chi connectivity index (χ3n) is 3.64. The van der Waals surface area contributed by atoms with Crippen molar-refractivity contribution in [2.24, 2.45) is 5.92 Å². The molecule has 0 bridgehead atoms. The predicted octanol–water partition coefficient (Wildman–Crippen LogP) is 3.03. The van der Waals surface area contributed by atoms with E-state index < -0.39 is 0 Å². The summed E-state index contributed by atoms with van der Waals surface area (Å²) in [6.45, 7) is 0. The van der Waals surface area contributed by atoms with Crippen molar-refractivity contribution in [1.29, 1.82) is 0 Å². The Balaban J connectivity index is 1.82. The minimum absolute atomic E-state index is 0.0933. The first-order chi connectivity index (χ1) is 8.79. The predicted molar refractivity (Wildman–Crippen MR) is 68.7 cm³/mol. The second-order valence-corrected chi connectivity index (χ2v) is 4.93. The van der Waals surface area contributed by atoms with Crippen molar-refractivity contribution in [1.82, 2.24) is 10.2 Å². The maximum Gasteiger partial charge on any atom is 0.233 e. The Bertz CT molecular complexity index is 383. The molecule has 1 aliphatic rings. The van der Waals surface area contributed by atoms with E-state index in [2.05, 4.69) is 10.2 Å². The van der Waals surface area contributed by atoms with Crippen molar-refractivity contribution >= 4 is 5.78 Å². The Morgan fingerprint density at radius 1 is 1.28 bits per heavy atom. The van der Waals surface area contributed by atoms with Gasteiger partial charge in [0.2, 0.25) is 5.88 Å². The fourth-order valence-electron chi connectivity index (χ4n) is 2.52. The number of carbonyl (C=O) groups excluding carboxylic acids is 1. The summed E-state index contributed by atoms with van der Waals surface area (Å²) in [5.74, 6) is 1.27. The smallest absolute Gasteiger partial charge is 0.233 e. The summed E-state index contributed by atoms with van der Waals surface area (Å²) in [6, 6.07) is 3.37. The van der Waals surface area contributed by atoms with Gasteiger partial charge in [0.15, 0.2) is 5.78 Å². The molecule has 4 nitrogen and oxygen atoms in total. The third-order valence-corrected chi connectivity index (χ3v) is 3.64. The third kappa shape index (κ3) is 3.52. The monoisotopic (exact) mass is 248 g/mol. The molecule has 0 N–H and O–H groups in total. The van der Waals surface area contributed by atoms with Gasteiger partial charge in [-0.15, -0.1) is 10.2 Å². The van der Waals surface area contributed by atoms with Crippen LogP contribution >= 0.6 is 0 Å². The van der Waals surface area contributed by atoms with Crippen molar-refractivity contribution in [2.45, 2.75) is 44.9 Å². The van der Waals surface area contributed by atoms with E-state index in [1.54, 1.807) is 12.1 Å². The lowest BCUT2D eigenvalue weighted by molar-refractivity contribution is 0.0964. The highest BCUT2D eigenvalue weighted by Gasteiger charge is 2.16. The van der Waals surface area contributed by atoms with Crippen molar-refractivity contribution in [2.75, 3.05) is 7.11 Å². The Morgan fingerprint density at radius 3 is 2.67 bits per heavy atom. The fraction of sp³-hybridized carbons (Fsp3) is 0.643. The molecule has 4 heteroatoms. The van der Waals surface area contributed by atoms with E-state index in [0.29, 0.717) is 18.0 Å². The van der Waals surface area contributed by atoms with Crippen molar-refractivity contribution in [3.8, 4) is 5.88 Å². The summed E-state index contributed by atoms with van der Waals surface area (Å²) in [6.07, 6.45) is 8.14. The largest absolute Gasteiger partial charge is 0.480 e. The van der Waals surface area contributed by atoms with Gasteiger partial charge in [0.05, 0.1) is 7.11 Å². The van der Waals surface area contributed by atoms with E-state index in [0.717, 1.165) is 12.3 Å². The summed E-state index contributed by atoms with van der Waals surface area (Å²) in [7, 11) is 1.54. The highest BCUT2D eigenvalue weighted by Crippen LogP contribution is 2.27. The van der Waals surface area contributed by atoms with Crippen LogP contribution in [0.1, 0.15) is 55.4 Å². The molecular weight excluding hydrogens is 228 g/mol. The number of aromatic nitrogens is 2. The van der Waals surface area contributed by atoms with Gasteiger partial charge in [-0.1, -0.05) is 32.1 Å². The van der Waals surface area contributed by atoms with Crippen LogP contribution in [0.4, 0.5) is 0 Å². The second-order valence-electron chi connectivity index (χ2n) is 4.93. The zero-order chi connectivity index (χ0) is 12.8. The molecule has 18 heavy (non-hydrogen) atoms. The fourth-order valence-corrected chi connectivity index (χ4v) is 2.52. The molecule has 1 fully saturated rings. The van der Waals surface area contributed by atoms with Crippen molar-refractivity contribution in [3.63, 3.8) is 0 Å². The first-order valence-electron chi connectivity index (χ1n) is 6.70. The van der Waals surface area contributed by atoms with Gasteiger partial charge in [-0.3, -0.25) is 4.79 Å². The van der Waals surface area contributed by atoms with E-state index in [1.165, 1.54) is 39.2 Å². The molecule has 0 aromatic carbocycles. The number of carbonyl (C=O) groups is 1. The standard InChI is InChI=1S/C14H20N2O2/c1-18-14-10-8-12(15-16-14)13(17)9-7-11-5-3-2-4-6-11/h8,10-11H,2-7,9H2,1H3. The molecule has 1 saturated carbocycles. The maximum absolute atomic E-state index is 11.9. The minimum atomic E-state index is 0.0933.